The van der Waals surface area contributed by atoms with Gasteiger partial charge < -0.3 is 4.42 Å². The highest BCUT2D eigenvalue weighted by atomic mass is 16.3. The zero-order valence-electron chi connectivity index (χ0n) is 23.5. The molecule has 0 N–H and O–H groups in total. The molecule has 4 heteroatoms. The van der Waals surface area contributed by atoms with Gasteiger partial charge in [0.05, 0.1) is 27.6 Å². The molecule has 0 atom stereocenters. The molecule has 0 bridgehead atoms. The van der Waals surface area contributed by atoms with Gasteiger partial charge in [0.2, 0.25) is 0 Å². The van der Waals surface area contributed by atoms with E-state index in [-0.39, 0.29) is 0 Å². The average molecular weight is 562 g/mol. The van der Waals surface area contributed by atoms with Crippen LogP contribution < -0.4 is 0 Å². The van der Waals surface area contributed by atoms with E-state index >= 15 is 0 Å². The molecule has 4 aromatic heterocycles. The van der Waals surface area contributed by atoms with E-state index in [9.17, 15) is 0 Å². The van der Waals surface area contributed by atoms with E-state index in [4.69, 9.17) is 14.4 Å². The van der Waals surface area contributed by atoms with Crippen molar-refractivity contribution in [2.45, 2.75) is 0 Å². The lowest BCUT2D eigenvalue weighted by molar-refractivity contribution is 0.670. The third-order valence-corrected chi connectivity index (χ3v) is 8.93. The topological polar surface area (TPSA) is 43.3 Å². The molecule has 44 heavy (non-hydrogen) atoms. The minimum Gasteiger partial charge on any atom is -0.455 e. The summed E-state index contributed by atoms with van der Waals surface area (Å²) in [5.74, 6) is 0. The Morgan fingerprint density at radius 1 is 0.477 bits per heavy atom. The number of nitrogens with zero attached hydrogens (tertiary/aromatic N) is 3. The molecule has 4 heterocycles. The Labute approximate surface area is 251 Å². The van der Waals surface area contributed by atoms with E-state index in [1.54, 1.807) is 0 Å². The molecule has 0 radical (unpaired) electrons. The molecule has 0 aliphatic heterocycles. The number of imidazole rings is 1. The Bertz CT molecular complexity index is 2790. The summed E-state index contributed by atoms with van der Waals surface area (Å²) in [6.07, 6.45) is 0. The lowest BCUT2D eigenvalue weighted by Gasteiger charge is -2.12. The van der Waals surface area contributed by atoms with E-state index in [2.05, 4.69) is 120 Å². The maximum Gasteiger partial charge on any atom is 0.147 e. The summed E-state index contributed by atoms with van der Waals surface area (Å²) in [6.45, 7) is 0. The molecule has 0 saturated carbocycles. The molecule has 0 amide bonds. The van der Waals surface area contributed by atoms with Crippen LogP contribution in [0, 0.1) is 0 Å². The van der Waals surface area contributed by atoms with Crippen LogP contribution in [0.1, 0.15) is 0 Å². The Morgan fingerprint density at radius 3 is 2.23 bits per heavy atom. The fourth-order valence-corrected chi connectivity index (χ4v) is 6.88. The first-order chi connectivity index (χ1) is 21.8. The smallest absolute Gasteiger partial charge is 0.147 e. The van der Waals surface area contributed by atoms with Gasteiger partial charge in [-0.15, -0.1) is 0 Å². The number of fused-ring (bicyclic) bond motifs is 12. The zero-order chi connectivity index (χ0) is 28.8. The van der Waals surface area contributed by atoms with Gasteiger partial charge in [-0.2, -0.15) is 0 Å². The highest BCUT2D eigenvalue weighted by molar-refractivity contribution is 6.15. The fourth-order valence-electron chi connectivity index (χ4n) is 6.88. The summed E-state index contributed by atoms with van der Waals surface area (Å²) in [5, 5.41) is 5.53. The first kappa shape index (κ1) is 23.6. The predicted octanol–water partition coefficient (Wildman–Crippen LogP) is 10.6. The maximum absolute atomic E-state index is 6.38. The Hall–Kier alpha value is -6.00. The van der Waals surface area contributed by atoms with Crippen LogP contribution in [-0.2, 0) is 0 Å². The molecule has 6 aromatic carbocycles. The van der Waals surface area contributed by atoms with Crippen molar-refractivity contribution in [1.29, 1.82) is 0 Å². The van der Waals surface area contributed by atoms with Crippen molar-refractivity contribution in [3.63, 3.8) is 0 Å². The lowest BCUT2D eigenvalue weighted by atomic mass is 9.96. The Balaban J connectivity index is 1.24. The van der Waals surface area contributed by atoms with E-state index in [1.165, 1.54) is 0 Å². The summed E-state index contributed by atoms with van der Waals surface area (Å²) in [7, 11) is 0. The summed E-state index contributed by atoms with van der Waals surface area (Å²) in [6, 6.07) is 49.0. The molecule has 0 fully saturated rings. The first-order valence-corrected chi connectivity index (χ1v) is 14.8. The normalized spacial score (nSPS) is 12.1. The van der Waals surface area contributed by atoms with Gasteiger partial charge in [0.25, 0.3) is 0 Å². The van der Waals surface area contributed by atoms with Crippen molar-refractivity contribution in [3.8, 4) is 22.3 Å². The highest BCUT2D eigenvalue weighted by Gasteiger charge is 2.17. The van der Waals surface area contributed by atoms with Crippen LogP contribution in [0.5, 0.6) is 0 Å². The minimum absolute atomic E-state index is 0.908. The van der Waals surface area contributed by atoms with Crippen LogP contribution in [0.3, 0.4) is 0 Å². The number of rotatable bonds is 2. The second-order valence-electron chi connectivity index (χ2n) is 11.4. The number of furan rings is 1. The molecule has 10 aromatic rings. The molecule has 0 aliphatic rings. The lowest BCUT2D eigenvalue weighted by Crippen LogP contribution is -1.94. The van der Waals surface area contributed by atoms with Crippen LogP contribution in [0.4, 0.5) is 0 Å². The largest absolute Gasteiger partial charge is 0.455 e. The van der Waals surface area contributed by atoms with Crippen molar-refractivity contribution in [2.75, 3.05) is 0 Å². The van der Waals surface area contributed by atoms with Crippen molar-refractivity contribution >= 4 is 71.3 Å². The molecule has 10 rings (SSSR count). The highest BCUT2D eigenvalue weighted by Crippen LogP contribution is 2.39. The minimum atomic E-state index is 0.908. The third kappa shape index (κ3) is 3.28. The van der Waals surface area contributed by atoms with Crippen LogP contribution in [0.2, 0.25) is 0 Å². The van der Waals surface area contributed by atoms with Gasteiger partial charge in [-0.05, 0) is 65.2 Å². The van der Waals surface area contributed by atoms with Crippen LogP contribution in [0.15, 0.2) is 144 Å². The van der Waals surface area contributed by atoms with E-state index in [0.29, 0.717) is 0 Å². The second kappa shape index (κ2) is 8.76. The van der Waals surface area contributed by atoms with Crippen molar-refractivity contribution in [1.82, 2.24) is 14.4 Å². The molecule has 0 spiro atoms. The number of benzene rings is 6. The molecular formula is C40H23N3O. The van der Waals surface area contributed by atoms with Gasteiger partial charge in [-0.1, -0.05) is 91.0 Å². The number of hydrogen-bond acceptors (Lipinski definition) is 3. The molecule has 0 aliphatic carbocycles. The van der Waals surface area contributed by atoms with Crippen LogP contribution >= 0.6 is 0 Å². The third-order valence-electron chi connectivity index (χ3n) is 8.93. The molecule has 4 nitrogen and oxygen atoms in total. The number of hydrogen-bond donors (Lipinski definition) is 0. The number of pyridine rings is 2. The van der Waals surface area contributed by atoms with Gasteiger partial charge in [0.15, 0.2) is 0 Å². The fraction of sp³-hybridized carbons (Fsp3) is 0. The summed E-state index contributed by atoms with van der Waals surface area (Å²) >= 11 is 0. The number of para-hydroxylation sites is 5. The van der Waals surface area contributed by atoms with Crippen molar-refractivity contribution < 1.29 is 4.42 Å². The second-order valence-corrected chi connectivity index (χ2v) is 11.4. The summed E-state index contributed by atoms with van der Waals surface area (Å²) in [5.41, 5.74) is 12.4. The first-order valence-electron chi connectivity index (χ1n) is 14.8. The Kier molecular flexibility index (Phi) is 4.69. The standard InChI is InChI=1S/C40H23N3O/c1-3-15-33-27(9-1)23-32-38(41-33)31-22-25(19-20-35(31)43-36-17-5-4-16-34(36)42-40(32)43)24-10-7-11-26(21-24)28-13-8-14-30-29-12-2-6-18-37(29)44-39(28)30/h1-23H. The molecule has 0 saturated heterocycles. The van der Waals surface area contributed by atoms with Gasteiger partial charge in [-0.3, -0.25) is 4.40 Å². The SMILES string of the molecule is c1cc(-c2ccc3c(c2)c2nc4ccccc4cc2c2nc4ccccc4n32)cc(-c2cccc3c2oc2ccccc23)c1. The molecular weight excluding hydrogens is 538 g/mol. The zero-order valence-corrected chi connectivity index (χ0v) is 23.5. The van der Waals surface area contributed by atoms with Gasteiger partial charge >= 0.3 is 0 Å². The summed E-state index contributed by atoms with van der Waals surface area (Å²) < 4.78 is 8.66. The number of aromatic nitrogens is 3. The Morgan fingerprint density at radius 2 is 1.25 bits per heavy atom. The molecule has 204 valence electrons. The van der Waals surface area contributed by atoms with E-state index < -0.39 is 0 Å². The van der Waals surface area contributed by atoms with Crippen LogP contribution in [-0.4, -0.2) is 14.4 Å². The average Bonchev–Trinajstić information content (AvgIpc) is 3.67. The van der Waals surface area contributed by atoms with Crippen molar-refractivity contribution in [3.05, 3.63) is 140 Å². The van der Waals surface area contributed by atoms with Gasteiger partial charge in [0, 0.05) is 32.5 Å². The quantitative estimate of drug-likeness (QED) is 0.156. The van der Waals surface area contributed by atoms with Crippen LogP contribution in [0.25, 0.3) is 93.6 Å². The summed E-state index contributed by atoms with van der Waals surface area (Å²) in [4.78, 5) is 10.3. The maximum atomic E-state index is 6.38. The van der Waals surface area contributed by atoms with Gasteiger partial charge in [-0.25, -0.2) is 9.97 Å². The van der Waals surface area contributed by atoms with Gasteiger partial charge in [0.1, 0.15) is 16.8 Å². The predicted molar refractivity (Wildman–Crippen MR) is 181 cm³/mol. The monoisotopic (exact) mass is 561 g/mol. The molecule has 0 unspecified atom stereocenters. The van der Waals surface area contributed by atoms with E-state index in [1.807, 2.05) is 24.3 Å². The van der Waals surface area contributed by atoms with Crippen molar-refractivity contribution in [2.24, 2.45) is 0 Å². The van der Waals surface area contributed by atoms with E-state index in [0.717, 1.165) is 93.6 Å².